The third-order valence-electron chi connectivity index (χ3n) is 4.35. The third kappa shape index (κ3) is 2.31. The minimum Gasteiger partial charge on any atom is -0.314 e. The van der Waals surface area contributed by atoms with Crippen molar-refractivity contribution in [2.45, 2.75) is 64.3 Å². The molecule has 1 nitrogen and oxygen atoms in total. The van der Waals surface area contributed by atoms with Crippen LogP contribution in [0.5, 0.6) is 0 Å². The zero-order chi connectivity index (χ0) is 9.80. The van der Waals surface area contributed by atoms with Crippen LogP contribution in [0.25, 0.3) is 0 Å². The fourth-order valence-corrected chi connectivity index (χ4v) is 3.54. The second-order valence-corrected chi connectivity index (χ2v) is 5.17. The highest BCUT2D eigenvalue weighted by Crippen LogP contribution is 2.35. The molecule has 1 saturated heterocycles. The molecule has 1 saturated carbocycles. The summed E-state index contributed by atoms with van der Waals surface area (Å²) in [6, 6.07) is 0.845. The van der Waals surface area contributed by atoms with Gasteiger partial charge in [0.15, 0.2) is 0 Å². The minimum absolute atomic E-state index is 0.845. The molecule has 2 atom stereocenters. The zero-order valence-corrected chi connectivity index (χ0v) is 9.60. The lowest BCUT2D eigenvalue weighted by Gasteiger charge is -2.26. The number of hydrogen-bond donors (Lipinski definition) is 1. The molecule has 82 valence electrons. The topological polar surface area (TPSA) is 12.0 Å². The summed E-state index contributed by atoms with van der Waals surface area (Å²) in [6.07, 6.45) is 11.8. The van der Waals surface area contributed by atoms with Crippen molar-refractivity contribution in [3.8, 4) is 0 Å². The predicted octanol–water partition coefficient (Wildman–Crippen LogP) is 3.34. The van der Waals surface area contributed by atoms with Crippen LogP contribution in [0.1, 0.15) is 58.3 Å². The summed E-state index contributed by atoms with van der Waals surface area (Å²) in [6.45, 7) is 3.62. The molecule has 0 amide bonds. The van der Waals surface area contributed by atoms with Crippen LogP contribution < -0.4 is 5.32 Å². The van der Waals surface area contributed by atoms with Crippen molar-refractivity contribution >= 4 is 0 Å². The van der Waals surface area contributed by atoms with Gasteiger partial charge in [-0.15, -0.1) is 0 Å². The molecule has 2 unspecified atom stereocenters. The Balaban J connectivity index is 1.91. The van der Waals surface area contributed by atoms with Crippen molar-refractivity contribution in [3.05, 3.63) is 0 Å². The SMILES string of the molecule is CCC1NCCC1C1CCCCCC1. The van der Waals surface area contributed by atoms with Crippen molar-refractivity contribution in [3.63, 3.8) is 0 Å². The molecule has 1 aliphatic heterocycles. The molecule has 2 fully saturated rings. The second-order valence-electron chi connectivity index (χ2n) is 5.17. The number of rotatable bonds is 2. The van der Waals surface area contributed by atoms with Gasteiger partial charge in [-0.3, -0.25) is 0 Å². The van der Waals surface area contributed by atoms with E-state index < -0.39 is 0 Å². The molecule has 0 aromatic heterocycles. The molecule has 0 radical (unpaired) electrons. The molecule has 1 heteroatoms. The van der Waals surface area contributed by atoms with E-state index in [-0.39, 0.29) is 0 Å². The van der Waals surface area contributed by atoms with Gasteiger partial charge in [0.1, 0.15) is 0 Å². The Morgan fingerprint density at radius 3 is 2.36 bits per heavy atom. The molecule has 0 bridgehead atoms. The van der Waals surface area contributed by atoms with Gasteiger partial charge in [-0.1, -0.05) is 45.4 Å². The fourth-order valence-electron chi connectivity index (χ4n) is 3.54. The first-order valence-electron chi connectivity index (χ1n) is 6.65. The quantitative estimate of drug-likeness (QED) is 0.666. The standard InChI is InChI=1S/C13H25N/c1-2-13-12(9-10-14-13)11-7-5-3-4-6-8-11/h11-14H,2-10H2,1H3. The van der Waals surface area contributed by atoms with E-state index in [1.165, 1.54) is 57.9 Å². The Labute approximate surface area is 88.7 Å². The van der Waals surface area contributed by atoms with Crippen molar-refractivity contribution in [2.24, 2.45) is 11.8 Å². The van der Waals surface area contributed by atoms with Crippen molar-refractivity contribution in [2.75, 3.05) is 6.54 Å². The van der Waals surface area contributed by atoms with E-state index >= 15 is 0 Å². The average Bonchev–Trinajstić information content (AvgIpc) is 2.52. The molecule has 1 N–H and O–H groups in total. The molecule has 1 heterocycles. The van der Waals surface area contributed by atoms with Crippen LogP contribution in [0.2, 0.25) is 0 Å². The summed E-state index contributed by atoms with van der Waals surface area (Å²) in [5.74, 6) is 2.07. The van der Waals surface area contributed by atoms with Crippen LogP contribution >= 0.6 is 0 Å². The van der Waals surface area contributed by atoms with E-state index in [0.29, 0.717) is 0 Å². The van der Waals surface area contributed by atoms with Gasteiger partial charge < -0.3 is 5.32 Å². The Kier molecular flexibility index (Phi) is 3.86. The minimum atomic E-state index is 0.845. The van der Waals surface area contributed by atoms with Gasteiger partial charge in [0, 0.05) is 6.04 Å². The normalized spacial score (nSPS) is 35.8. The highest BCUT2D eigenvalue weighted by atomic mass is 14.9. The van der Waals surface area contributed by atoms with Crippen LogP contribution in [0.3, 0.4) is 0 Å². The maximum absolute atomic E-state index is 3.67. The summed E-state index contributed by atoms with van der Waals surface area (Å²) in [5.41, 5.74) is 0. The Hall–Kier alpha value is -0.0400. The largest absolute Gasteiger partial charge is 0.314 e. The smallest absolute Gasteiger partial charge is 0.00958 e. The maximum atomic E-state index is 3.67. The van der Waals surface area contributed by atoms with Gasteiger partial charge >= 0.3 is 0 Å². The number of hydrogen-bond acceptors (Lipinski definition) is 1. The van der Waals surface area contributed by atoms with E-state index in [4.69, 9.17) is 0 Å². The molecular weight excluding hydrogens is 170 g/mol. The molecule has 0 aromatic rings. The average molecular weight is 195 g/mol. The highest BCUT2D eigenvalue weighted by Gasteiger charge is 2.32. The summed E-state index contributed by atoms with van der Waals surface area (Å²) in [5, 5.41) is 3.67. The van der Waals surface area contributed by atoms with Crippen molar-refractivity contribution < 1.29 is 0 Å². The zero-order valence-electron chi connectivity index (χ0n) is 9.60. The molecule has 1 aliphatic carbocycles. The van der Waals surface area contributed by atoms with E-state index in [1.54, 1.807) is 0 Å². The van der Waals surface area contributed by atoms with Crippen LogP contribution in [0.4, 0.5) is 0 Å². The first kappa shape index (κ1) is 10.5. The van der Waals surface area contributed by atoms with E-state index in [1.807, 2.05) is 0 Å². The molecule has 0 spiro atoms. The van der Waals surface area contributed by atoms with E-state index in [9.17, 15) is 0 Å². The van der Waals surface area contributed by atoms with Crippen molar-refractivity contribution in [1.82, 2.24) is 5.32 Å². The molecule has 0 aromatic carbocycles. The van der Waals surface area contributed by atoms with Gasteiger partial charge in [0.25, 0.3) is 0 Å². The third-order valence-corrected chi connectivity index (χ3v) is 4.35. The van der Waals surface area contributed by atoms with Crippen LogP contribution in [-0.4, -0.2) is 12.6 Å². The molecule has 2 rings (SSSR count). The molecule has 2 aliphatic rings. The molecule has 14 heavy (non-hydrogen) atoms. The van der Waals surface area contributed by atoms with Gasteiger partial charge in [-0.05, 0) is 31.2 Å². The van der Waals surface area contributed by atoms with Gasteiger partial charge in [0.2, 0.25) is 0 Å². The van der Waals surface area contributed by atoms with E-state index in [2.05, 4.69) is 12.2 Å². The lowest BCUT2D eigenvalue weighted by molar-refractivity contribution is 0.266. The van der Waals surface area contributed by atoms with Crippen LogP contribution in [-0.2, 0) is 0 Å². The number of nitrogens with one attached hydrogen (secondary N) is 1. The fraction of sp³-hybridized carbons (Fsp3) is 1.00. The summed E-state index contributed by atoms with van der Waals surface area (Å²) in [7, 11) is 0. The second kappa shape index (κ2) is 5.16. The van der Waals surface area contributed by atoms with Crippen LogP contribution in [0.15, 0.2) is 0 Å². The summed E-state index contributed by atoms with van der Waals surface area (Å²) >= 11 is 0. The molecular formula is C13H25N. The van der Waals surface area contributed by atoms with Gasteiger partial charge in [0.05, 0.1) is 0 Å². The highest BCUT2D eigenvalue weighted by molar-refractivity contribution is 4.87. The lowest BCUT2D eigenvalue weighted by Crippen LogP contribution is -2.30. The van der Waals surface area contributed by atoms with Crippen LogP contribution in [0, 0.1) is 11.8 Å². The Bertz CT molecular complexity index is 159. The Morgan fingerprint density at radius 1 is 1.00 bits per heavy atom. The maximum Gasteiger partial charge on any atom is 0.00958 e. The lowest BCUT2D eigenvalue weighted by atomic mass is 9.81. The summed E-state index contributed by atoms with van der Waals surface area (Å²) in [4.78, 5) is 0. The predicted molar refractivity (Wildman–Crippen MR) is 61.4 cm³/mol. The van der Waals surface area contributed by atoms with E-state index in [0.717, 1.165) is 17.9 Å². The van der Waals surface area contributed by atoms with Gasteiger partial charge in [-0.2, -0.15) is 0 Å². The van der Waals surface area contributed by atoms with Gasteiger partial charge in [-0.25, -0.2) is 0 Å². The van der Waals surface area contributed by atoms with Crippen molar-refractivity contribution in [1.29, 1.82) is 0 Å². The summed E-state index contributed by atoms with van der Waals surface area (Å²) < 4.78 is 0. The monoisotopic (exact) mass is 195 g/mol. The first-order valence-corrected chi connectivity index (χ1v) is 6.65. The first-order chi connectivity index (χ1) is 6.92. The Morgan fingerprint density at radius 2 is 1.71 bits per heavy atom.